The molecule has 112 valence electrons. The number of piperidine rings is 1. The maximum atomic E-state index is 12.8. The summed E-state index contributed by atoms with van der Waals surface area (Å²) >= 11 is 0. The molecule has 1 saturated heterocycles. The average Bonchev–Trinajstić information content (AvgIpc) is 3.31. The van der Waals surface area contributed by atoms with Gasteiger partial charge in [-0.05, 0) is 55.2 Å². The molecule has 4 nitrogen and oxygen atoms in total. The zero-order valence-corrected chi connectivity index (χ0v) is 12.3. The number of nitrogens with zero attached hydrogens (tertiary/aromatic N) is 1. The third kappa shape index (κ3) is 2.80. The highest BCUT2D eigenvalue weighted by atomic mass is 16.4. The van der Waals surface area contributed by atoms with Crippen LogP contribution in [0.25, 0.3) is 0 Å². The second-order valence-corrected chi connectivity index (χ2v) is 6.32. The molecule has 3 rings (SSSR count). The molecule has 0 atom stereocenters. The van der Waals surface area contributed by atoms with Crippen LogP contribution in [0, 0.1) is 5.92 Å². The van der Waals surface area contributed by atoms with E-state index in [0.717, 1.165) is 44.3 Å². The van der Waals surface area contributed by atoms with E-state index in [2.05, 4.69) is 6.92 Å². The molecule has 4 heteroatoms. The van der Waals surface area contributed by atoms with Gasteiger partial charge in [-0.2, -0.15) is 0 Å². The fourth-order valence-corrected chi connectivity index (χ4v) is 3.13. The van der Waals surface area contributed by atoms with Crippen molar-refractivity contribution in [1.29, 1.82) is 0 Å². The van der Waals surface area contributed by atoms with Gasteiger partial charge in [-0.15, -0.1) is 0 Å². The first-order valence-electron chi connectivity index (χ1n) is 7.73. The molecule has 1 aliphatic carbocycles. The Morgan fingerprint density at radius 1 is 1.10 bits per heavy atom. The number of likely N-dealkylation sites (tertiary alicyclic amines) is 1. The van der Waals surface area contributed by atoms with Gasteiger partial charge in [0.05, 0.1) is 5.56 Å². The number of carboxylic acid groups (broad SMARTS) is 1. The summed E-state index contributed by atoms with van der Waals surface area (Å²) in [7, 11) is 0. The van der Waals surface area contributed by atoms with Crippen molar-refractivity contribution < 1.29 is 14.7 Å². The van der Waals surface area contributed by atoms with Crippen LogP contribution in [0.15, 0.2) is 18.2 Å². The summed E-state index contributed by atoms with van der Waals surface area (Å²) in [5, 5.41) is 9.37. The van der Waals surface area contributed by atoms with Crippen molar-refractivity contribution in [2.24, 2.45) is 5.92 Å². The summed E-state index contributed by atoms with van der Waals surface area (Å²) in [6, 6.07) is 5.10. The van der Waals surface area contributed by atoms with Crippen LogP contribution in [0.5, 0.6) is 0 Å². The van der Waals surface area contributed by atoms with Crippen LogP contribution >= 0.6 is 0 Å². The largest absolute Gasteiger partial charge is 0.478 e. The highest BCUT2D eigenvalue weighted by Crippen LogP contribution is 2.43. The zero-order chi connectivity index (χ0) is 15.0. The van der Waals surface area contributed by atoms with E-state index in [1.165, 1.54) is 0 Å². The molecule has 0 radical (unpaired) electrons. The Kier molecular flexibility index (Phi) is 3.70. The van der Waals surface area contributed by atoms with Gasteiger partial charge < -0.3 is 10.0 Å². The van der Waals surface area contributed by atoms with Gasteiger partial charge in [-0.25, -0.2) is 4.79 Å². The summed E-state index contributed by atoms with van der Waals surface area (Å²) in [6.07, 6.45) is 4.04. The molecule has 1 N–H and O–H groups in total. The van der Waals surface area contributed by atoms with Crippen molar-refractivity contribution in [3.63, 3.8) is 0 Å². The van der Waals surface area contributed by atoms with E-state index in [0.29, 0.717) is 17.0 Å². The minimum atomic E-state index is -0.932. The maximum absolute atomic E-state index is 12.8. The number of carbonyl (C=O) groups is 2. The Bertz CT molecular complexity index is 569. The third-order valence-corrected chi connectivity index (χ3v) is 4.62. The van der Waals surface area contributed by atoms with Crippen LogP contribution in [0.1, 0.15) is 64.8 Å². The first kappa shape index (κ1) is 14.1. The predicted molar refractivity (Wildman–Crippen MR) is 79.7 cm³/mol. The second-order valence-electron chi connectivity index (χ2n) is 6.32. The maximum Gasteiger partial charge on any atom is 0.335 e. The molecule has 0 aromatic heterocycles. The number of aromatic carboxylic acids is 1. The molecule has 1 aromatic rings. The number of hydrogen-bond acceptors (Lipinski definition) is 2. The number of benzene rings is 1. The molecular weight excluding hydrogens is 266 g/mol. The van der Waals surface area contributed by atoms with Crippen molar-refractivity contribution in [2.75, 3.05) is 13.1 Å². The van der Waals surface area contributed by atoms with E-state index in [-0.39, 0.29) is 11.8 Å². The minimum absolute atomic E-state index is 0.00639. The van der Waals surface area contributed by atoms with Gasteiger partial charge in [0.2, 0.25) is 0 Å². The van der Waals surface area contributed by atoms with E-state index in [1.54, 1.807) is 18.2 Å². The molecule has 1 heterocycles. The van der Waals surface area contributed by atoms with Crippen LogP contribution in [-0.4, -0.2) is 35.0 Å². The third-order valence-electron chi connectivity index (χ3n) is 4.62. The molecule has 1 aliphatic heterocycles. The molecule has 2 aliphatic rings. The van der Waals surface area contributed by atoms with Crippen molar-refractivity contribution in [2.45, 2.75) is 38.5 Å². The van der Waals surface area contributed by atoms with Crippen LogP contribution in [-0.2, 0) is 0 Å². The van der Waals surface area contributed by atoms with E-state index < -0.39 is 5.97 Å². The van der Waals surface area contributed by atoms with Gasteiger partial charge in [0.1, 0.15) is 0 Å². The van der Waals surface area contributed by atoms with Crippen molar-refractivity contribution in [1.82, 2.24) is 4.90 Å². The van der Waals surface area contributed by atoms with Crippen molar-refractivity contribution in [3.05, 3.63) is 34.9 Å². The summed E-state index contributed by atoms with van der Waals surface area (Å²) in [4.78, 5) is 26.1. The lowest BCUT2D eigenvalue weighted by atomic mass is 9.94. The lowest BCUT2D eigenvalue weighted by molar-refractivity contribution is 0.0694. The Morgan fingerprint density at radius 3 is 2.29 bits per heavy atom. The molecule has 0 spiro atoms. The minimum Gasteiger partial charge on any atom is -0.478 e. The Balaban J connectivity index is 1.92. The summed E-state index contributed by atoms with van der Waals surface area (Å²) in [6.45, 7) is 3.77. The predicted octanol–water partition coefficient (Wildman–Crippen LogP) is 3.13. The Hall–Kier alpha value is -1.84. The molecule has 2 fully saturated rings. The van der Waals surface area contributed by atoms with Crippen LogP contribution in [0.2, 0.25) is 0 Å². The van der Waals surface area contributed by atoms with Crippen LogP contribution in [0.4, 0.5) is 0 Å². The average molecular weight is 287 g/mol. The molecule has 21 heavy (non-hydrogen) atoms. The van der Waals surface area contributed by atoms with Crippen molar-refractivity contribution in [3.8, 4) is 0 Å². The number of carbonyl (C=O) groups excluding carboxylic acids is 1. The molecule has 0 unspecified atom stereocenters. The van der Waals surface area contributed by atoms with E-state index in [4.69, 9.17) is 0 Å². The lowest BCUT2D eigenvalue weighted by Gasteiger charge is -2.31. The fraction of sp³-hybridized carbons (Fsp3) is 0.529. The monoisotopic (exact) mass is 287 g/mol. The molecule has 1 amide bonds. The normalized spacial score (nSPS) is 19.6. The van der Waals surface area contributed by atoms with Gasteiger partial charge in [-0.3, -0.25) is 4.79 Å². The smallest absolute Gasteiger partial charge is 0.335 e. The number of hydrogen-bond donors (Lipinski definition) is 1. The van der Waals surface area contributed by atoms with Gasteiger partial charge in [0.15, 0.2) is 0 Å². The number of carboxylic acids is 1. The van der Waals surface area contributed by atoms with Crippen LogP contribution < -0.4 is 0 Å². The summed E-state index contributed by atoms with van der Waals surface area (Å²) < 4.78 is 0. The molecular formula is C17H21NO3. The van der Waals surface area contributed by atoms with Gasteiger partial charge in [-0.1, -0.05) is 13.0 Å². The van der Waals surface area contributed by atoms with E-state index in [9.17, 15) is 14.7 Å². The number of amides is 1. The van der Waals surface area contributed by atoms with Gasteiger partial charge in [0, 0.05) is 18.7 Å². The van der Waals surface area contributed by atoms with Gasteiger partial charge in [0.25, 0.3) is 5.91 Å². The summed E-state index contributed by atoms with van der Waals surface area (Å²) in [5.41, 5.74) is 1.66. The Labute approximate surface area is 124 Å². The quantitative estimate of drug-likeness (QED) is 0.929. The highest BCUT2D eigenvalue weighted by Gasteiger charge is 2.33. The molecule has 1 saturated carbocycles. The number of rotatable bonds is 3. The highest BCUT2D eigenvalue weighted by molar-refractivity contribution is 6.00. The topological polar surface area (TPSA) is 57.6 Å². The SMILES string of the molecule is CC1CCN(C(=O)c2cccc(C(=O)O)c2C2CC2)CC1. The van der Waals surface area contributed by atoms with E-state index >= 15 is 0 Å². The molecule has 1 aromatic carbocycles. The van der Waals surface area contributed by atoms with E-state index in [1.807, 2.05) is 4.90 Å². The Morgan fingerprint density at radius 2 is 1.71 bits per heavy atom. The van der Waals surface area contributed by atoms with Crippen molar-refractivity contribution >= 4 is 11.9 Å². The summed E-state index contributed by atoms with van der Waals surface area (Å²) in [5.74, 6) is -0.00649. The first-order valence-corrected chi connectivity index (χ1v) is 7.73. The second kappa shape index (κ2) is 5.51. The first-order chi connectivity index (χ1) is 10.1. The van der Waals surface area contributed by atoms with Crippen LogP contribution in [0.3, 0.4) is 0 Å². The standard InChI is InChI=1S/C17H21NO3/c1-11-7-9-18(10-8-11)16(19)13-3-2-4-14(17(20)21)15(13)12-5-6-12/h2-4,11-12H,5-10H2,1H3,(H,20,21). The lowest BCUT2D eigenvalue weighted by Crippen LogP contribution is -2.38. The molecule has 0 bridgehead atoms. The van der Waals surface area contributed by atoms with Gasteiger partial charge >= 0.3 is 5.97 Å². The zero-order valence-electron chi connectivity index (χ0n) is 12.3. The fourth-order valence-electron chi connectivity index (χ4n) is 3.13.